The minimum absolute atomic E-state index is 0.116. The molecule has 0 amide bonds. The standard InChI is InChI=1S/C15H21O8P/c1-4-15(2,3)14(17)22-10-9-21-13(16)11-7-5-6-8-12(11)23-24(18,19)20/h5-8H,4,9-10H2,1-3H3,(H2,18,19,20). The molecule has 0 saturated heterocycles. The summed E-state index contributed by atoms with van der Waals surface area (Å²) in [4.78, 5) is 41.4. The van der Waals surface area contributed by atoms with Crippen molar-refractivity contribution in [1.82, 2.24) is 0 Å². The van der Waals surface area contributed by atoms with Gasteiger partial charge in [0.15, 0.2) is 0 Å². The highest BCUT2D eigenvalue weighted by Crippen LogP contribution is 2.39. The van der Waals surface area contributed by atoms with Crippen molar-refractivity contribution in [2.75, 3.05) is 13.2 Å². The van der Waals surface area contributed by atoms with Crippen LogP contribution < -0.4 is 4.52 Å². The fraction of sp³-hybridized carbons (Fsp3) is 0.467. The molecule has 0 spiro atoms. The molecule has 0 saturated carbocycles. The molecule has 0 bridgehead atoms. The number of rotatable bonds is 8. The summed E-state index contributed by atoms with van der Waals surface area (Å²) in [5, 5.41) is 0. The van der Waals surface area contributed by atoms with Crippen LogP contribution in [0.1, 0.15) is 37.6 Å². The van der Waals surface area contributed by atoms with Crippen LogP contribution in [0.3, 0.4) is 0 Å². The van der Waals surface area contributed by atoms with Crippen LogP contribution in [0.2, 0.25) is 0 Å². The molecule has 0 aliphatic carbocycles. The Labute approximate surface area is 140 Å². The molecule has 0 aliphatic heterocycles. The van der Waals surface area contributed by atoms with Gasteiger partial charge in [-0.15, -0.1) is 0 Å². The number of phosphoric ester groups is 1. The van der Waals surface area contributed by atoms with E-state index in [1.807, 2.05) is 6.92 Å². The molecule has 8 nitrogen and oxygen atoms in total. The molecule has 9 heteroatoms. The first-order chi connectivity index (χ1) is 11.1. The van der Waals surface area contributed by atoms with E-state index in [1.165, 1.54) is 24.3 Å². The van der Waals surface area contributed by atoms with Gasteiger partial charge >= 0.3 is 19.8 Å². The normalized spacial score (nSPS) is 11.7. The summed E-state index contributed by atoms with van der Waals surface area (Å²) in [6.07, 6.45) is 0.610. The minimum atomic E-state index is -4.80. The number of carbonyl (C=O) groups is 2. The topological polar surface area (TPSA) is 119 Å². The average molecular weight is 360 g/mol. The predicted octanol–water partition coefficient (Wildman–Crippen LogP) is 2.29. The molecular weight excluding hydrogens is 339 g/mol. The first-order valence-electron chi connectivity index (χ1n) is 7.25. The summed E-state index contributed by atoms with van der Waals surface area (Å²) in [5.41, 5.74) is -0.755. The SMILES string of the molecule is CCC(C)(C)C(=O)OCCOC(=O)c1ccccc1OP(=O)(O)O. The van der Waals surface area contributed by atoms with E-state index in [0.717, 1.165) is 0 Å². The second-order valence-electron chi connectivity index (χ2n) is 5.59. The molecule has 134 valence electrons. The van der Waals surface area contributed by atoms with E-state index >= 15 is 0 Å². The molecule has 0 aromatic heterocycles. The Morgan fingerprint density at radius 1 is 1.12 bits per heavy atom. The summed E-state index contributed by atoms with van der Waals surface area (Å²) >= 11 is 0. The van der Waals surface area contributed by atoms with Crippen LogP contribution in [0.15, 0.2) is 24.3 Å². The van der Waals surface area contributed by atoms with Gasteiger partial charge in [0.25, 0.3) is 0 Å². The maximum absolute atomic E-state index is 12.0. The number of carbonyl (C=O) groups excluding carboxylic acids is 2. The Balaban J connectivity index is 2.58. The lowest BCUT2D eigenvalue weighted by molar-refractivity contribution is -0.155. The lowest BCUT2D eigenvalue weighted by Gasteiger charge is -2.20. The lowest BCUT2D eigenvalue weighted by atomic mass is 9.91. The van der Waals surface area contributed by atoms with Crippen LogP contribution in [0.25, 0.3) is 0 Å². The molecule has 1 rings (SSSR count). The monoisotopic (exact) mass is 360 g/mol. The quantitative estimate of drug-likeness (QED) is 0.412. The number of para-hydroxylation sites is 1. The van der Waals surface area contributed by atoms with E-state index in [2.05, 4.69) is 4.52 Å². The molecule has 24 heavy (non-hydrogen) atoms. The fourth-order valence-corrected chi connectivity index (χ4v) is 1.94. The van der Waals surface area contributed by atoms with E-state index in [1.54, 1.807) is 13.8 Å². The third-order valence-corrected chi connectivity index (χ3v) is 3.74. The van der Waals surface area contributed by atoms with Gasteiger partial charge in [-0.2, -0.15) is 0 Å². The smallest absolute Gasteiger partial charge is 0.462 e. The molecule has 0 unspecified atom stereocenters. The van der Waals surface area contributed by atoms with Crippen LogP contribution in [0, 0.1) is 5.41 Å². The van der Waals surface area contributed by atoms with E-state index in [9.17, 15) is 14.2 Å². The Hall–Kier alpha value is -1.89. The number of hydrogen-bond donors (Lipinski definition) is 2. The van der Waals surface area contributed by atoms with E-state index in [-0.39, 0.29) is 24.5 Å². The van der Waals surface area contributed by atoms with Gasteiger partial charge in [-0.05, 0) is 32.4 Å². The molecule has 2 N–H and O–H groups in total. The summed E-state index contributed by atoms with van der Waals surface area (Å²) in [7, 11) is -4.80. The van der Waals surface area contributed by atoms with Crippen molar-refractivity contribution in [3.63, 3.8) is 0 Å². The van der Waals surface area contributed by atoms with Crippen LogP contribution in [-0.4, -0.2) is 34.9 Å². The van der Waals surface area contributed by atoms with Gasteiger partial charge in [-0.25, -0.2) is 9.36 Å². The summed E-state index contributed by atoms with van der Waals surface area (Å²) in [6.45, 7) is 5.05. The summed E-state index contributed by atoms with van der Waals surface area (Å²) in [6, 6.07) is 5.49. The zero-order valence-electron chi connectivity index (χ0n) is 13.7. The average Bonchev–Trinajstić information content (AvgIpc) is 2.50. The Bertz CT molecular complexity index is 634. The molecule has 1 aromatic rings. The van der Waals surface area contributed by atoms with Crippen molar-refractivity contribution in [3.05, 3.63) is 29.8 Å². The molecule has 0 radical (unpaired) electrons. The highest BCUT2D eigenvalue weighted by molar-refractivity contribution is 7.46. The van der Waals surface area contributed by atoms with Crippen LogP contribution in [0.5, 0.6) is 5.75 Å². The fourth-order valence-electron chi connectivity index (χ4n) is 1.53. The van der Waals surface area contributed by atoms with E-state index in [0.29, 0.717) is 6.42 Å². The minimum Gasteiger partial charge on any atom is -0.462 e. The van der Waals surface area contributed by atoms with Crippen molar-refractivity contribution in [3.8, 4) is 5.75 Å². The van der Waals surface area contributed by atoms with Crippen molar-refractivity contribution in [1.29, 1.82) is 0 Å². The largest absolute Gasteiger partial charge is 0.524 e. The molecule has 0 fully saturated rings. The summed E-state index contributed by atoms with van der Waals surface area (Å²) in [5.74, 6) is -1.53. The van der Waals surface area contributed by atoms with Gasteiger partial charge in [0.05, 0.1) is 5.41 Å². The van der Waals surface area contributed by atoms with Gasteiger partial charge in [0.2, 0.25) is 0 Å². The second-order valence-corrected chi connectivity index (χ2v) is 6.75. The lowest BCUT2D eigenvalue weighted by Crippen LogP contribution is -2.27. The summed E-state index contributed by atoms with van der Waals surface area (Å²) < 4.78 is 25.3. The van der Waals surface area contributed by atoms with E-state index < -0.39 is 25.2 Å². The predicted molar refractivity (Wildman–Crippen MR) is 84.4 cm³/mol. The molecule has 0 aliphatic rings. The van der Waals surface area contributed by atoms with Gasteiger partial charge in [0, 0.05) is 0 Å². The van der Waals surface area contributed by atoms with Gasteiger partial charge < -0.3 is 14.0 Å². The maximum atomic E-state index is 12.0. The van der Waals surface area contributed by atoms with Crippen LogP contribution >= 0.6 is 7.82 Å². The highest BCUT2D eigenvalue weighted by atomic mass is 31.2. The number of esters is 2. The van der Waals surface area contributed by atoms with E-state index in [4.69, 9.17) is 19.3 Å². The Kier molecular flexibility index (Phi) is 6.95. The maximum Gasteiger partial charge on any atom is 0.524 e. The molecule has 1 aromatic carbocycles. The second kappa shape index (κ2) is 8.28. The van der Waals surface area contributed by atoms with Crippen molar-refractivity contribution >= 4 is 19.8 Å². The number of phosphoric acid groups is 1. The number of hydrogen-bond acceptors (Lipinski definition) is 6. The van der Waals surface area contributed by atoms with Gasteiger partial charge in [0.1, 0.15) is 24.5 Å². The third kappa shape index (κ3) is 6.31. The molecule has 0 heterocycles. The van der Waals surface area contributed by atoms with Gasteiger partial charge in [-0.1, -0.05) is 19.1 Å². The molecular formula is C15H21O8P. The third-order valence-electron chi connectivity index (χ3n) is 3.31. The van der Waals surface area contributed by atoms with Crippen molar-refractivity contribution in [2.45, 2.75) is 27.2 Å². The van der Waals surface area contributed by atoms with Crippen molar-refractivity contribution in [2.24, 2.45) is 5.41 Å². The highest BCUT2D eigenvalue weighted by Gasteiger charge is 2.27. The zero-order chi connectivity index (χ0) is 18.4. The van der Waals surface area contributed by atoms with Crippen LogP contribution in [0.4, 0.5) is 0 Å². The van der Waals surface area contributed by atoms with Crippen molar-refractivity contribution < 1.29 is 37.9 Å². The first kappa shape index (κ1) is 20.2. The zero-order valence-corrected chi connectivity index (χ0v) is 14.6. The number of benzene rings is 1. The first-order valence-corrected chi connectivity index (χ1v) is 8.78. The number of ether oxygens (including phenoxy) is 2. The molecule has 0 atom stereocenters. The van der Waals surface area contributed by atoms with Crippen LogP contribution in [-0.2, 0) is 18.8 Å². The Morgan fingerprint density at radius 2 is 1.71 bits per heavy atom. The van der Waals surface area contributed by atoms with Gasteiger partial charge in [-0.3, -0.25) is 14.6 Å². The Morgan fingerprint density at radius 3 is 2.29 bits per heavy atom.